The van der Waals surface area contributed by atoms with Gasteiger partial charge in [-0.25, -0.2) is 4.39 Å². The van der Waals surface area contributed by atoms with Gasteiger partial charge in [-0.05, 0) is 72.0 Å². The monoisotopic (exact) mass is 381 g/mol. The quantitative estimate of drug-likeness (QED) is 0.730. The van der Waals surface area contributed by atoms with Gasteiger partial charge in [-0.3, -0.25) is 0 Å². The Bertz CT molecular complexity index is 603. The molecule has 1 aliphatic rings. The van der Waals surface area contributed by atoms with Gasteiger partial charge in [0.15, 0.2) is 0 Å². The zero-order valence-electron chi connectivity index (χ0n) is 11.4. The highest BCUT2D eigenvalue weighted by molar-refractivity contribution is 14.1. The van der Waals surface area contributed by atoms with Crippen molar-refractivity contribution in [2.24, 2.45) is 0 Å². The van der Waals surface area contributed by atoms with Crippen molar-refractivity contribution >= 4 is 28.3 Å². The molecule has 1 N–H and O–H groups in total. The van der Waals surface area contributed by atoms with Crippen LogP contribution < -0.4 is 5.32 Å². The Labute approximate surface area is 132 Å². The van der Waals surface area contributed by atoms with Gasteiger partial charge in [0, 0.05) is 15.3 Å². The van der Waals surface area contributed by atoms with E-state index in [2.05, 4.69) is 59.1 Å². The van der Waals surface area contributed by atoms with Crippen LogP contribution in [-0.4, -0.2) is 6.04 Å². The SMILES string of the molecule is Cc1ccc(C2CC(Nc3ccc(F)cc3I)C2)cc1. The molecule has 0 saturated heterocycles. The zero-order valence-corrected chi connectivity index (χ0v) is 13.5. The molecule has 104 valence electrons. The predicted molar refractivity (Wildman–Crippen MR) is 89.7 cm³/mol. The molecule has 0 radical (unpaired) electrons. The Hall–Kier alpha value is -1.10. The summed E-state index contributed by atoms with van der Waals surface area (Å²) >= 11 is 2.18. The molecule has 3 heteroatoms. The Morgan fingerprint density at radius 2 is 1.80 bits per heavy atom. The van der Waals surface area contributed by atoms with E-state index in [0.29, 0.717) is 12.0 Å². The molecular formula is C17H17FIN. The van der Waals surface area contributed by atoms with Gasteiger partial charge < -0.3 is 5.32 Å². The Kier molecular flexibility index (Phi) is 3.96. The largest absolute Gasteiger partial charge is 0.381 e. The molecule has 1 aliphatic carbocycles. The fourth-order valence-electron chi connectivity index (χ4n) is 2.67. The Morgan fingerprint density at radius 1 is 1.10 bits per heavy atom. The van der Waals surface area contributed by atoms with Crippen LogP contribution in [-0.2, 0) is 0 Å². The summed E-state index contributed by atoms with van der Waals surface area (Å²) in [5.74, 6) is 0.484. The Morgan fingerprint density at radius 3 is 2.45 bits per heavy atom. The molecule has 0 atom stereocenters. The fraction of sp³-hybridized carbons (Fsp3) is 0.294. The summed E-state index contributed by atoms with van der Waals surface area (Å²) in [6, 6.07) is 14.2. The minimum atomic E-state index is -0.175. The summed E-state index contributed by atoms with van der Waals surface area (Å²) in [4.78, 5) is 0. The second kappa shape index (κ2) is 5.72. The first-order valence-electron chi connectivity index (χ1n) is 6.90. The van der Waals surface area contributed by atoms with Gasteiger partial charge in [0.1, 0.15) is 5.82 Å². The van der Waals surface area contributed by atoms with E-state index in [1.54, 1.807) is 6.07 Å². The third kappa shape index (κ3) is 2.97. The van der Waals surface area contributed by atoms with Crippen molar-refractivity contribution in [3.63, 3.8) is 0 Å². The second-order valence-electron chi connectivity index (χ2n) is 5.54. The number of aryl methyl sites for hydroxylation is 1. The molecule has 0 heterocycles. The lowest BCUT2D eigenvalue weighted by Crippen LogP contribution is -2.34. The van der Waals surface area contributed by atoms with Gasteiger partial charge >= 0.3 is 0 Å². The Balaban J connectivity index is 1.59. The second-order valence-corrected chi connectivity index (χ2v) is 6.71. The highest BCUT2D eigenvalue weighted by Gasteiger charge is 2.30. The highest BCUT2D eigenvalue weighted by atomic mass is 127. The highest BCUT2D eigenvalue weighted by Crippen LogP contribution is 2.39. The first-order valence-corrected chi connectivity index (χ1v) is 7.98. The molecule has 1 fully saturated rings. The summed E-state index contributed by atoms with van der Waals surface area (Å²) in [6.07, 6.45) is 2.30. The molecule has 0 unspecified atom stereocenters. The zero-order chi connectivity index (χ0) is 14.1. The van der Waals surface area contributed by atoms with Crippen LogP contribution in [0.3, 0.4) is 0 Å². The van der Waals surface area contributed by atoms with Crippen LogP contribution in [0.4, 0.5) is 10.1 Å². The lowest BCUT2D eigenvalue weighted by atomic mass is 9.75. The van der Waals surface area contributed by atoms with Crippen LogP contribution in [0.5, 0.6) is 0 Å². The van der Waals surface area contributed by atoms with E-state index in [-0.39, 0.29) is 5.82 Å². The van der Waals surface area contributed by atoms with E-state index >= 15 is 0 Å². The molecule has 1 saturated carbocycles. The molecule has 0 aromatic heterocycles. The van der Waals surface area contributed by atoms with E-state index in [0.717, 1.165) is 22.1 Å². The third-order valence-corrected chi connectivity index (χ3v) is 4.87. The summed E-state index contributed by atoms with van der Waals surface area (Å²) in [6.45, 7) is 2.12. The molecular weight excluding hydrogens is 364 g/mol. The maximum atomic E-state index is 13.1. The fourth-order valence-corrected chi connectivity index (χ4v) is 3.31. The normalized spacial score (nSPS) is 21.4. The van der Waals surface area contributed by atoms with Gasteiger partial charge in [-0.15, -0.1) is 0 Å². The van der Waals surface area contributed by atoms with Gasteiger partial charge in [0.25, 0.3) is 0 Å². The van der Waals surface area contributed by atoms with Crippen LogP contribution in [0.2, 0.25) is 0 Å². The van der Waals surface area contributed by atoms with Crippen LogP contribution in [0.25, 0.3) is 0 Å². The van der Waals surface area contributed by atoms with Crippen LogP contribution >= 0.6 is 22.6 Å². The maximum Gasteiger partial charge on any atom is 0.124 e. The van der Waals surface area contributed by atoms with E-state index < -0.39 is 0 Å². The molecule has 3 rings (SSSR count). The van der Waals surface area contributed by atoms with Gasteiger partial charge in [-0.2, -0.15) is 0 Å². The number of anilines is 1. The van der Waals surface area contributed by atoms with Crippen molar-refractivity contribution in [3.05, 3.63) is 63.0 Å². The molecule has 20 heavy (non-hydrogen) atoms. The third-order valence-electron chi connectivity index (χ3n) is 3.98. The summed E-state index contributed by atoms with van der Waals surface area (Å²) in [7, 11) is 0. The van der Waals surface area contributed by atoms with Gasteiger partial charge in [0.05, 0.1) is 0 Å². The smallest absolute Gasteiger partial charge is 0.124 e. The van der Waals surface area contributed by atoms with Gasteiger partial charge in [-0.1, -0.05) is 29.8 Å². The van der Waals surface area contributed by atoms with Crippen molar-refractivity contribution in [1.82, 2.24) is 0 Å². The number of nitrogens with one attached hydrogen (secondary N) is 1. The molecule has 0 aliphatic heterocycles. The van der Waals surface area contributed by atoms with Crippen molar-refractivity contribution in [2.45, 2.75) is 31.7 Å². The topological polar surface area (TPSA) is 12.0 Å². The summed E-state index contributed by atoms with van der Waals surface area (Å²) in [5.41, 5.74) is 3.78. The number of halogens is 2. The first-order chi connectivity index (χ1) is 9.61. The molecule has 2 aromatic carbocycles. The average molecular weight is 381 g/mol. The molecule has 0 spiro atoms. The molecule has 1 nitrogen and oxygen atoms in total. The van der Waals surface area contributed by atoms with E-state index in [1.807, 2.05) is 6.07 Å². The number of hydrogen-bond donors (Lipinski definition) is 1. The van der Waals surface area contributed by atoms with Gasteiger partial charge in [0.2, 0.25) is 0 Å². The lowest BCUT2D eigenvalue weighted by Gasteiger charge is -2.37. The minimum Gasteiger partial charge on any atom is -0.381 e. The van der Waals surface area contributed by atoms with Crippen molar-refractivity contribution in [3.8, 4) is 0 Å². The number of hydrogen-bond acceptors (Lipinski definition) is 1. The first kappa shape index (κ1) is 13.9. The molecule has 0 bridgehead atoms. The van der Waals surface area contributed by atoms with Crippen molar-refractivity contribution < 1.29 is 4.39 Å². The number of benzene rings is 2. The lowest BCUT2D eigenvalue weighted by molar-refractivity contribution is 0.374. The van der Waals surface area contributed by atoms with E-state index in [9.17, 15) is 4.39 Å². The summed E-state index contributed by atoms with van der Waals surface area (Å²) < 4.78 is 14.0. The minimum absolute atomic E-state index is 0.175. The van der Waals surface area contributed by atoms with Crippen molar-refractivity contribution in [2.75, 3.05) is 5.32 Å². The number of rotatable bonds is 3. The van der Waals surface area contributed by atoms with Crippen LogP contribution in [0.15, 0.2) is 42.5 Å². The van der Waals surface area contributed by atoms with E-state index in [4.69, 9.17) is 0 Å². The standard InChI is InChI=1S/C17H17FIN/c1-11-2-4-12(5-3-11)13-8-15(9-13)20-17-7-6-14(18)10-16(17)19/h2-7,10,13,15,20H,8-9H2,1H3. The van der Waals surface area contributed by atoms with Crippen LogP contribution in [0, 0.1) is 16.3 Å². The van der Waals surface area contributed by atoms with Crippen molar-refractivity contribution in [1.29, 1.82) is 0 Å². The summed E-state index contributed by atoms with van der Waals surface area (Å²) in [5, 5.41) is 3.51. The maximum absolute atomic E-state index is 13.1. The van der Waals surface area contributed by atoms with Crippen LogP contribution in [0.1, 0.15) is 29.9 Å². The average Bonchev–Trinajstić information content (AvgIpc) is 2.37. The molecule has 2 aromatic rings. The van der Waals surface area contributed by atoms with E-state index in [1.165, 1.54) is 17.2 Å². The molecule has 0 amide bonds. The predicted octanol–water partition coefficient (Wildman–Crippen LogP) is 5.10.